The van der Waals surface area contributed by atoms with E-state index in [9.17, 15) is 9.59 Å². The van der Waals surface area contributed by atoms with Gasteiger partial charge in [0.05, 0.1) is 11.8 Å². The van der Waals surface area contributed by atoms with E-state index in [0.29, 0.717) is 29.9 Å². The van der Waals surface area contributed by atoms with Gasteiger partial charge in [-0.05, 0) is 44.5 Å². The van der Waals surface area contributed by atoms with Crippen LogP contribution in [0.3, 0.4) is 0 Å². The molecule has 0 saturated carbocycles. The number of ether oxygens (including phenoxy) is 1. The quantitative estimate of drug-likeness (QED) is 0.839. The number of fused-ring (bicyclic) bond motifs is 1. The number of nitrogens with zero attached hydrogens (tertiary/aromatic N) is 2. The fraction of sp³-hybridized carbons (Fsp3) is 0.400. The third kappa shape index (κ3) is 3.45. The lowest BCUT2D eigenvalue weighted by Crippen LogP contribution is -2.30. The van der Waals surface area contributed by atoms with Gasteiger partial charge >= 0.3 is 0 Å². The Kier molecular flexibility index (Phi) is 5.02. The van der Waals surface area contributed by atoms with Crippen LogP contribution in [0, 0.1) is 0 Å². The van der Waals surface area contributed by atoms with Gasteiger partial charge in [-0.25, -0.2) is 0 Å². The van der Waals surface area contributed by atoms with Crippen LogP contribution < -0.4 is 14.5 Å². The second-order valence-corrected chi connectivity index (χ2v) is 6.75. The monoisotopic (exact) mass is 356 g/mol. The number of benzene rings is 1. The maximum Gasteiger partial charge on any atom is 0.263 e. The molecule has 0 radical (unpaired) electrons. The van der Waals surface area contributed by atoms with Crippen LogP contribution in [0.1, 0.15) is 42.8 Å². The molecule has 26 heavy (non-hydrogen) atoms. The van der Waals surface area contributed by atoms with E-state index in [0.717, 1.165) is 17.9 Å². The predicted octanol–water partition coefficient (Wildman–Crippen LogP) is 3.64. The first kappa shape index (κ1) is 18.0. The van der Waals surface area contributed by atoms with Crippen LogP contribution >= 0.6 is 0 Å². The minimum atomic E-state index is -0.214. The first-order valence-electron chi connectivity index (χ1n) is 8.80. The molecular formula is C20H24N2O4. The number of carbonyl (C=O) groups is 2. The Morgan fingerprint density at radius 1 is 1.23 bits per heavy atom. The standard InChI is InChI=1S/C20H24N2O4/c1-13(2)26-15-10-8-14(9-11-15)21(3)20(24)16-12-25-17-6-5-7-18(23)22(4)19(16)17/h8-13H,5-7H2,1-4H3. The normalized spacial score (nSPS) is 14.2. The van der Waals surface area contributed by atoms with Crippen LogP contribution in [0.4, 0.5) is 11.4 Å². The summed E-state index contributed by atoms with van der Waals surface area (Å²) < 4.78 is 11.2. The number of furan rings is 1. The molecule has 1 aliphatic rings. The molecule has 1 aliphatic heterocycles. The van der Waals surface area contributed by atoms with Crippen molar-refractivity contribution in [1.82, 2.24) is 0 Å². The lowest BCUT2D eigenvalue weighted by Gasteiger charge is -2.20. The van der Waals surface area contributed by atoms with E-state index < -0.39 is 0 Å². The van der Waals surface area contributed by atoms with E-state index in [4.69, 9.17) is 9.15 Å². The molecule has 0 saturated heterocycles. The van der Waals surface area contributed by atoms with Crippen LogP contribution in [-0.4, -0.2) is 32.0 Å². The van der Waals surface area contributed by atoms with Crippen LogP contribution in [0.25, 0.3) is 0 Å². The Labute approximate surface area is 153 Å². The maximum atomic E-state index is 13.0. The average molecular weight is 356 g/mol. The summed E-state index contributed by atoms with van der Waals surface area (Å²) in [5, 5.41) is 0. The van der Waals surface area contributed by atoms with E-state index in [-0.39, 0.29) is 17.9 Å². The van der Waals surface area contributed by atoms with E-state index in [1.165, 1.54) is 11.2 Å². The molecule has 0 atom stereocenters. The van der Waals surface area contributed by atoms with Gasteiger partial charge < -0.3 is 19.0 Å². The topological polar surface area (TPSA) is 63.0 Å². The Hall–Kier alpha value is -2.76. The first-order chi connectivity index (χ1) is 12.4. The van der Waals surface area contributed by atoms with Crippen molar-refractivity contribution in [3.8, 4) is 5.75 Å². The highest BCUT2D eigenvalue weighted by atomic mass is 16.5. The van der Waals surface area contributed by atoms with Crippen molar-refractivity contribution in [2.75, 3.05) is 23.9 Å². The Morgan fingerprint density at radius 2 is 1.92 bits per heavy atom. The molecule has 2 amide bonds. The number of amides is 2. The molecule has 3 rings (SSSR count). The first-order valence-corrected chi connectivity index (χ1v) is 8.80. The van der Waals surface area contributed by atoms with Gasteiger partial charge in [0.1, 0.15) is 23.3 Å². The molecule has 0 N–H and O–H groups in total. The molecule has 0 fully saturated rings. The highest BCUT2D eigenvalue weighted by Crippen LogP contribution is 2.33. The molecule has 0 bridgehead atoms. The number of rotatable bonds is 4. The van der Waals surface area contributed by atoms with Crippen molar-refractivity contribution in [1.29, 1.82) is 0 Å². The van der Waals surface area contributed by atoms with E-state index in [2.05, 4.69) is 0 Å². The van der Waals surface area contributed by atoms with Gasteiger partial charge in [0, 0.05) is 32.6 Å². The smallest absolute Gasteiger partial charge is 0.263 e. The van der Waals surface area contributed by atoms with Crippen molar-refractivity contribution in [3.05, 3.63) is 41.9 Å². The molecule has 1 aromatic carbocycles. The summed E-state index contributed by atoms with van der Waals surface area (Å²) in [5.41, 5.74) is 1.73. The molecule has 0 spiro atoms. The average Bonchev–Trinajstić information content (AvgIpc) is 2.97. The summed E-state index contributed by atoms with van der Waals surface area (Å²) in [6, 6.07) is 7.35. The van der Waals surface area contributed by atoms with Gasteiger partial charge in [-0.2, -0.15) is 0 Å². The van der Waals surface area contributed by atoms with Crippen molar-refractivity contribution in [2.24, 2.45) is 0 Å². The fourth-order valence-corrected chi connectivity index (χ4v) is 3.10. The lowest BCUT2D eigenvalue weighted by atomic mass is 10.1. The van der Waals surface area contributed by atoms with Crippen LogP contribution in [0.5, 0.6) is 5.75 Å². The second kappa shape index (κ2) is 7.23. The number of aryl methyl sites for hydroxylation is 1. The molecule has 138 valence electrons. The summed E-state index contributed by atoms with van der Waals surface area (Å²) in [6.07, 6.45) is 3.39. The minimum Gasteiger partial charge on any atom is -0.491 e. The minimum absolute atomic E-state index is 0.00274. The fourth-order valence-electron chi connectivity index (χ4n) is 3.10. The van der Waals surface area contributed by atoms with Crippen molar-refractivity contribution in [2.45, 2.75) is 39.2 Å². The predicted molar refractivity (Wildman–Crippen MR) is 100.0 cm³/mol. The summed E-state index contributed by atoms with van der Waals surface area (Å²) in [5.74, 6) is 1.23. The number of carbonyl (C=O) groups excluding carboxylic acids is 2. The molecule has 2 heterocycles. The van der Waals surface area contributed by atoms with Crippen molar-refractivity contribution in [3.63, 3.8) is 0 Å². The number of hydrogen-bond acceptors (Lipinski definition) is 4. The van der Waals surface area contributed by atoms with Gasteiger partial charge in [-0.15, -0.1) is 0 Å². The largest absolute Gasteiger partial charge is 0.491 e. The SMILES string of the molecule is CC(C)Oc1ccc(N(C)C(=O)c2coc3c2N(C)C(=O)CCC3)cc1. The van der Waals surface area contributed by atoms with Gasteiger partial charge in [0.25, 0.3) is 5.91 Å². The maximum absolute atomic E-state index is 13.0. The molecule has 6 heteroatoms. The zero-order chi connectivity index (χ0) is 18.8. The second-order valence-electron chi connectivity index (χ2n) is 6.75. The third-order valence-corrected chi connectivity index (χ3v) is 4.47. The lowest BCUT2D eigenvalue weighted by molar-refractivity contribution is -0.118. The molecule has 0 aliphatic carbocycles. The van der Waals surface area contributed by atoms with Crippen LogP contribution in [0.15, 0.2) is 34.9 Å². The van der Waals surface area contributed by atoms with Gasteiger partial charge in [0.15, 0.2) is 0 Å². The van der Waals surface area contributed by atoms with Crippen molar-refractivity contribution >= 4 is 23.2 Å². The number of hydrogen-bond donors (Lipinski definition) is 0. The highest BCUT2D eigenvalue weighted by molar-refractivity contribution is 6.12. The van der Waals surface area contributed by atoms with E-state index in [1.54, 1.807) is 19.0 Å². The Morgan fingerprint density at radius 3 is 2.58 bits per heavy atom. The van der Waals surface area contributed by atoms with E-state index >= 15 is 0 Å². The summed E-state index contributed by atoms with van der Waals surface area (Å²) in [7, 11) is 3.40. The third-order valence-electron chi connectivity index (χ3n) is 4.47. The molecular weight excluding hydrogens is 332 g/mol. The van der Waals surface area contributed by atoms with Gasteiger partial charge in [0.2, 0.25) is 5.91 Å². The molecule has 0 unspecified atom stereocenters. The molecule has 6 nitrogen and oxygen atoms in total. The Balaban J connectivity index is 1.86. The zero-order valence-corrected chi connectivity index (χ0v) is 15.6. The molecule has 2 aromatic rings. The van der Waals surface area contributed by atoms with Gasteiger partial charge in [-0.1, -0.05) is 0 Å². The Bertz CT molecular complexity index is 808. The summed E-state index contributed by atoms with van der Waals surface area (Å²) in [4.78, 5) is 28.2. The highest BCUT2D eigenvalue weighted by Gasteiger charge is 2.29. The summed E-state index contributed by atoms with van der Waals surface area (Å²) in [6.45, 7) is 3.93. The van der Waals surface area contributed by atoms with Crippen LogP contribution in [-0.2, 0) is 11.2 Å². The zero-order valence-electron chi connectivity index (χ0n) is 15.6. The molecule has 1 aromatic heterocycles. The van der Waals surface area contributed by atoms with Crippen molar-refractivity contribution < 1.29 is 18.7 Å². The van der Waals surface area contributed by atoms with Crippen LogP contribution in [0.2, 0.25) is 0 Å². The van der Waals surface area contributed by atoms with E-state index in [1.807, 2.05) is 38.1 Å². The number of anilines is 2. The summed E-state index contributed by atoms with van der Waals surface area (Å²) >= 11 is 0. The van der Waals surface area contributed by atoms with Gasteiger partial charge in [-0.3, -0.25) is 9.59 Å².